The highest BCUT2D eigenvalue weighted by Crippen LogP contribution is 2.35. The summed E-state index contributed by atoms with van der Waals surface area (Å²) in [6.45, 7) is 4.90. The number of carbonyl (C=O) groups excluding carboxylic acids is 1. The molecule has 0 atom stereocenters. The minimum Gasteiger partial charge on any atom is -0.461 e. The molecule has 0 spiro atoms. The van der Waals surface area contributed by atoms with Gasteiger partial charge in [-0.05, 0) is 32.0 Å². The van der Waals surface area contributed by atoms with Crippen LogP contribution in [0.4, 0.5) is 0 Å². The van der Waals surface area contributed by atoms with Gasteiger partial charge in [-0.15, -0.1) is 0 Å². The summed E-state index contributed by atoms with van der Waals surface area (Å²) in [7, 11) is 0. The van der Waals surface area contributed by atoms with Crippen LogP contribution in [-0.2, 0) is 4.79 Å². The summed E-state index contributed by atoms with van der Waals surface area (Å²) in [5.74, 6) is 1.06. The molecule has 2 aromatic carbocycles. The van der Waals surface area contributed by atoms with E-state index in [9.17, 15) is 9.59 Å². The number of hydrogen-bond acceptors (Lipinski definition) is 5. The number of aryl methyl sites for hydroxylation is 2. The Kier molecular flexibility index (Phi) is 3.65. The van der Waals surface area contributed by atoms with E-state index in [0.29, 0.717) is 33.8 Å². The van der Waals surface area contributed by atoms with Crippen molar-refractivity contribution in [3.63, 3.8) is 0 Å². The van der Waals surface area contributed by atoms with E-state index in [-0.39, 0.29) is 5.43 Å². The fourth-order valence-electron chi connectivity index (χ4n) is 3.28. The average Bonchev–Trinajstić information content (AvgIpc) is 2.90. The molecule has 0 N–H and O–H groups in total. The van der Waals surface area contributed by atoms with Crippen LogP contribution in [0, 0.1) is 13.8 Å². The summed E-state index contributed by atoms with van der Waals surface area (Å²) in [5.41, 5.74) is 2.19. The lowest BCUT2D eigenvalue weighted by Gasteiger charge is -2.08. The third-order valence-electron chi connectivity index (χ3n) is 4.32. The van der Waals surface area contributed by atoms with Crippen molar-refractivity contribution in [1.82, 2.24) is 0 Å². The summed E-state index contributed by atoms with van der Waals surface area (Å²) < 4.78 is 16.8. The van der Waals surface area contributed by atoms with E-state index in [0.717, 1.165) is 16.5 Å². The van der Waals surface area contributed by atoms with E-state index in [4.69, 9.17) is 13.6 Å². The van der Waals surface area contributed by atoms with Crippen LogP contribution >= 0.6 is 0 Å². The number of furan rings is 1. The smallest absolute Gasteiger partial charge is 0.308 e. The molecule has 4 aromatic rings. The van der Waals surface area contributed by atoms with E-state index >= 15 is 0 Å². The predicted molar refractivity (Wildman–Crippen MR) is 98.5 cm³/mol. The van der Waals surface area contributed by atoms with Crippen molar-refractivity contribution in [2.24, 2.45) is 0 Å². The molecule has 0 radical (unpaired) electrons. The zero-order valence-electron chi connectivity index (χ0n) is 14.6. The number of fused-ring (bicyclic) bond motifs is 2. The summed E-state index contributed by atoms with van der Waals surface area (Å²) in [6.07, 6.45) is 0. The summed E-state index contributed by atoms with van der Waals surface area (Å²) >= 11 is 0. The van der Waals surface area contributed by atoms with Gasteiger partial charge in [0, 0.05) is 23.9 Å². The molecule has 0 aliphatic carbocycles. The Morgan fingerprint density at radius 2 is 1.58 bits per heavy atom. The van der Waals surface area contributed by atoms with Gasteiger partial charge in [-0.1, -0.05) is 18.2 Å². The zero-order valence-corrected chi connectivity index (χ0v) is 14.6. The second-order valence-corrected chi connectivity index (χ2v) is 6.14. The summed E-state index contributed by atoms with van der Waals surface area (Å²) in [6, 6.07) is 12.3. The average molecular weight is 348 g/mol. The Hall–Kier alpha value is -3.34. The highest BCUT2D eigenvalue weighted by molar-refractivity contribution is 5.98. The zero-order chi connectivity index (χ0) is 18.4. The van der Waals surface area contributed by atoms with Gasteiger partial charge in [-0.3, -0.25) is 9.59 Å². The van der Waals surface area contributed by atoms with Crippen molar-refractivity contribution in [3.05, 3.63) is 64.2 Å². The minimum absolute atomic E-state index is 0.146. The van der Waals surface area contributed by atoms with Crippen molar-refractivity contribution in [1.29, 1.82) is 0 Å². The summed E-state index contributed by atoms with van der Waals surface area (Å²) in [5, 5.41) is 1.29. The predicted octanol–water partition coefficient (Wildman–Crippen LogP) is 4.75. The van der Waals surface area contributed by atoms with Crippen LogP contribution < -0.4 is 10.2 Å². The molecule has 0 amide bonds. The molecule has 4 rings (SSSR count). The molecule has 0 bridgehead atoms. The van der Waals surface area contributed by atoms with E-state index in [1.807, 2.05) is 31.2 Å². The molecule has 0 aliphatic heterocycles. The minimum atomic E-state index is -0.430. The lowest BCUT2D eigenvalue weighted by Crippen LogP contribution is -2.08. The van der Waals surface area contributed by atoms with E-state index in [2.05, 4.69) is 0 Å². The number of benzene rings is 2. The molecule has 0 aliphatic rings. The fourth-order valence-corrected chi connectivity index (χ4v) is 3.28. The first-order valence-corrected chi connectivity index (χ1v) is 8.20. The summed E-state index contributed by atoms with van der Waals surface area (Å²) in [4.78, 5) is 24.3. The second kappa shape index (κ2) is 5.88. The molecule has 26 heavy (non-hydrogen) atoms. The Bertz CT molecular complexity index is 1230. The van der Waals surface area contributed by atoms with Gasteiger partial charge in [-0.2, -0.15) is 0 Å². The van der Waals surface area contributed by atoms with Crippen molar-refractivity contribution < 1.29 is 18.4 Å². The molecule has 0 saturated heterocycles. The largest absolute Gasteiger partial charge is 0.461 e. The molecule has 0 saturated carbocycles. The molecule has 2 heterocycles. The van der Waals surface area contributed by atoms with Crippen LogP contribution in [0.5, 0.6) is 5.75 Å². The Morgan fingerprint density at radius 1 is 0.885 bits per heavy atom. The molecule has 5 heteroatoms. The van der Waals surface area contributed by atoms with Crippen LogP contribution in [0.3, 0.4) is 0 Å². The standard InChI is InChI=1S/C21H16O5/c1-11-19(15-6-4-5-7-17(15)24-11)20-12(2)25-18-10-14(26-13(3)22)8-9-16(18)21(20)23/h4-10H,1-3H3. The van der Waals surface area contributed by atoms with Gasteiger partial charge in [0.2, 0.25) is 5.43 Å². The van der Waals surface area contributed by atoms with Gasteiger partial charge in [0.15, 0.2) is 0 Å². The van der Waals surface area contributed by atoms with Crippen molar-refractivity contribution >= 4 is 27.9 Å². The number of para-hydroxylation sites is 1. The maximum absolute atomic E-state index is 13.2. The number of ether oxygens (including phenoxy) is 1. The Labute approximate surface area is 148 Å². The first kappa shape index (κ1) is 16.1. The number of carbonyl (C=O) groups is 1. The molecule has 2 aromatic heterocycles. The maximum atomic E-state index is 13.2. The topological polar surface area (TPSA) is 69.7 Å². The van der Waals surface area contributed by atoms with Crippen LogP contribution in [0.2, 0.25) is 0 Å². The monoisotopic (exact) mass is 348 g/mol. The normalized spacial score (nSPS) is 11.2. The molecule has 0 unspecified atom stereocenters. The quantitative estimate of drug-likeness (QED) is 0.386. The van der Waals surface area contributed by atoms with Crippen LogP contribution in [0.25, 0.3) is 33.1 Å². The van der Waals surface area contributed by atoms with E-state index in [1.54, 1.807) is 25.1 Å². The number of esters is 1. The van der Waals surface area contributed by atoms with Gasteiger partial charge in [-0.25, -0.2) is 0 Å². The molecular weight excluding hydrogens is 332 g/mol. The Morgan fingerprint density at radius 3 is 2.35 bits per heavy atom. The van der Waals surface area contributed by atoms with Crippen LogP contribution in [0.1, 0.15) is 18.4 Å². The number of hydrogen-bond donors (Lipinski definition) is 0. The maximum Gasteiger partial charge on any atom is 0.308 e. The van der Waals surface area contributed by atoms with Gasteiger partial charge in [0.1, 0.15) is 28.4 Å². The molecule has 5 nitrogen and oxygen atoms in total. The third kappa shape index (κ3) is 2.49. The van der Waals surface area contributed by atoms with Gasteiger partial charge < -0.3 is 13.6 Å². The second-order valence-electron chi connectivity index (χ2n) is 6.14. The van der Waals surface area contributed by atoms with Crippen LogP contribution in [-0.4, -0.2) is 5.97 Å². The van der Waals surface area contributed by atoms with Gasteiger partial charge >= 0.3 is 5.97 Å². The molecule has 0 fully saturated rings. The number of rotatable bonds is 2. The van der Waals surface area contributed by atoms with E-state index < -0.39 is 5.97 Å². The first-order chi connectivity index (χ1) is 12.5. The highest BCUT2D eigenvalue weighted by atomic mass is 16.5. The molecule has 130 valence electrons. The lowest BCUT2D eigenvalue weighted by atomic mass is 9.99. The molecular formula is C21H16O5. The Balaban J connectivity index is 2.00. The lowest BCUT2D eigenvalue weighted by molar-refractivity contribution is -0.131. The highest BCUT2D eigenvalue weighted by Gasteiger charge is 2.21. The SMILES string of the molecule is CC(=O)Oc1ccc2c(=O)c(-c3c(C)oc4ccccc34)c(C)oc2c1. The van der Waals surface area contributed by atoms with Crippen molar-refractivity contribution in [2.45, 2.75) is 20.8 Å². The fraction of sp³-hybridized carbons (Fsp3) is 0.143. The van der Waals surface area contributed by atoms with Gasteiger partial charge in [0.05, 0.1) is 10.9 Å². The third-order valence-corrected chi connectivity index (χ3v) is 4.32. The first-order valence-electron chi connectivity index (χ1n) is 8.20. The van der Waals surface area contributed by atoms with E-state index in [1.165, 1.54) is 6.92 Å². The van der Waals surface area contributed by atoms with Crippen molar-refractivity contribution in [2.75, 3.05) is 0 Å². The van der Waals surface area contributed by atoms with Crippen LogP contribution in [0.15, 0.2) is 56.1 Å². The van der Waals surface area contributed by atoms with Crippen molar-refractivity contribution in [3.8, 4) is 16.9 Å². The van der Waals surface area contributed by atoms with Gasteiger partial charge in [0.25, 0.3) is 0 Å².